The number of nitrogens with zero attached hydrogens (tertiary/aromatic N) is 1. The third kappa shape index (κ3) is 10.1. The summed E-state index contributed by atoms with van der Waals surface area (Å²) in [6, 6.07) is 1.96. The van der Waals surface area contributed by atoms with Gasteiger partial charge in [-0.2, -0.15) is 5.26 Å². The molecule has 0 spiro atoms. The second-order valence-electron chi connectivity index (χ2n) is 5.49. The van der Waals surface area contributed by atoms with Crippen LogP contribution in [0, 0.1) is 22.7 Å². The minimum Gasteiger partial charge on any atom is -0.464 e. The first kappa shape index (κ1) is 19.3. The van der Waals surface area contributed by atoms with Crippen LogP contribution in [-0.4, -0.2) is 12.6 Å². The van der Waals surface area contributed by atoms with Crippen LogP contribution in [0.4, 0.5) is 0 Å². The van der Waals surface area contributed by atoms with Crippen LogP contribution in [0.25, 0.3) is 0 Å². The number of ether oxygens (including phenoxy) is 1. The van der Waals surface area contributed by atoms with Crippen LogP contribution < -0.4 is 0 Å². The molecule has 0 saturated heterocycles. The number of hydrogen-bond donors (Lipinski definition) is 0. The van der Waals surface area contributed by atoms with Crippen LogP contribution in [-0.2, 0) is 9.53 Å². The van der Waals surface area contributed by atoms with Gasteiger partial charge in [0.25, 0.3) is 0 Å². The van der Waals surface area contributed by atoms with E-state index in [0.29, 0.717) is 0 Å². The second-order valence-corrected chi connectivity index (χ2v) is 5.49. The van der Waals surface area contributed by atoms with E-state index >= 15 is 0 Å². The fourth-order valence-corrected chi connectivity index (χ4v) is 1.49. The molecule has 0 heterocycles. The Morgan fingerprint density at radius 2 is 1.78 bits per heavy atom. The van der Waals surface area contributed by atoms with E-state index in [1.807, 2.05) is 26.8 Å². The topological polar surface area (TPSA) is 50.1 Å². The van der Waals surface area contributed by atoms with Crippen LogP contribution >= 0.6 is 0 Å². The molecule has 0 N–H and O–H groups in total. The number of esters is 1. The lowest BCUT2D eigenvalue weighted by Gasteiger charge is -2.28. The zero-order valence-electron chi connectivity index (χ0n) is 12.9. The highest BCUT2D eigenvalue weighted by Crippen LogP contribution is 2.30. The van der Waals surface area contributed by atoms with E-state index in [-0.39, 0.29) is 30.3 Å². The van der Waals surface area contributed by atoms with E-state index < -0.39 is 0 Å². The molecule has 3 nitrogen and oxygen atoms in total. The smallest absolute Gasteiger partial charge is 0.309 e. The molecule has 18 heavy (non-hydrogen) atoms. The molecule has 0 aromatic rings. The van der Waals surface area contributed by atoms with Crippen molar-refractivity contribution in [3.63, 3.8) is 0 Å². The van der Waals surface area contributed by atoms with Gasteiger partial charge in [0.15, 0.2) is 0 Å². The maximum atomic E-state index is 11.7. The Kier molecular flexibility index (Phi) is 11.9. The van der Waals surface area contributed by atoms with Crippen molar-refractivity contribution in [1.82, 2.24) is 0 Å². The molecular formula is C15H29NO2. The lowest BCUT2D eigenvalue weighted by atomic mass is 9.78. The molecule has 0 aliphatic carbocycles. The van der Waals surface area contributed by atoms with Gasteiger partial charge in [0.05, 0.1) is 18.4 Å². The summed E-state index contributed by atoms with van der Waals surface area (Å²) in [5, 5.41) is 8.34. The summed E-state index contributed by atoms with van der Waals surface area (Å²) in [7, 11) is 0. The molecule has 1 unspecified atom stereocenters. The molecule has 0 bridgehead atoms. The van der Waals surface area contributed by atoms with Gasteiger partial charge < -0.3 is 4.74 Å². The van der Waals surface area contributed by atoms with Gasteiger partial charge in [0.2, 0.25) is 0 Å². The van der Waals surface area contributed by atoms with Crippen molar-refractivity contribution < 1.29 is 9.53 Å². The molecule has 0 saturated carbocycles. The van der Waals surface area contributed by atoms with Gasteiger partial charge in [-0.15, -0.1) is 0 Å². The third-order valence-corrected chi connectivity index (χ3v) is 2.37. The molecule has 0 aliphatic rings. The average molecular weight is 255 g/mol. The van der Waals surface area contributed by atoms with Crippen molar-refractivity contribution in [2.45, 2.75) is 67.2 Å². The maximum absolute atomic E-state index is 11.7. The number of carbonyl (C=O) groups is 1. The first-order valence-corrected chi connectivity index (χ1v) is 6.88. The van der Waals surface area contributed by atoms with Gasteiger partial charge in [-0.05, 0) is 11.8 Å². The van der Waals surface area contributed by atoms with Gasteiger partial charge in [-0.1, -0.05) is 54.4 Å². The fraction of sp³-hybridized carbons (Fsp3) is 0.867. The Hall–Kier alpha value is -1.04. The highest BCUT2D eigenvalue weighted by atomic mass is 16.5. The van der Waals surface area contributed by atoms with Crippen molar-refractivity contribution in [1.29, 1.82) is 5.26 Å². The van der Waals surface area contributed by atoms with Gasteiger partial charge in [0.1, 0.15) is 6.61 Å². The highest BCUT2D eigenvalue weighted by Gasteiger charge is 2.31. The zero-order chi connectivity index (χ0) is 14.6. The predicted octanol–water partition coefficient (Wildman–Crippen LogP) is 4.32. The second kappa shape index (κ2) is 11.1. The minimum absolute atomic E-state index is 0.0683. The molecule has 0 aromatic carbocycles. The molecule has 0 radical (unpaired) electrons. The van der Waals surface area contributed by atoms with E-state index in [2.05, 4.69) is 20.8 Å². The largest absolute Gasteiger partial charge is 0.464 e. The Balaban J connectivity index is 0. The SMILES string of the molecule is CCC.CCCC(C(=O)OCCC#N)C(C)(C)C. The van der Waals surface area contributed by atoms with E-state index in [4.69, 9.17) is 10.00 Å². The van der Waals surface area contributed by atoms with Gasteiger partial charge >= 0.3 is 5.97 Å². The van der Waals surface area contributed by atoms with Crippen LogP contribution in [0.1, 0.15) is 67.2 Å². The summed E-state index contributed by atoms with van der Waals surface area (Å²) in [4.78, 5) is 11.7. The van der Waals surface area contributed by atoms with Gasteiger partial charge in [-0.3, -0.25) is 4.79 Å². The summed E-state index contributed by atoms with van der Waals surface area (Å²) in [6.45, 7) is 12.6. The standard InChI is InChI=1S/C12H21NO2.C3H8/c1-5-7-10(12(2,3)4)11(14)15-9-6-8-13;1-3-2/h10H,5-7,9H2,1-4H3;3H2,1-2H3. The number of carbonyl (C=O) groups excluding carboxylic acids is 1. The normalized spacial score (nSPS) is 11.8. The molecule has 0 rings (SSSR count). The summed E-state index contributed by atoms with van der Waals surface area (Å²) in [6.07, 6.45) is 3.33. The summed E-state index contributed by atoms with van der Waals surface area (Å²) in [5.41, 5.74) is -0.0697. The Morgan fingerprint density at radius 3 is 2.11 bits per heavy atom. The molecule has 1 atom stereocenters. The van der Waals surface area contributed by atoms with Crippen LogP contribution in [0.15, 0.2) is 0 Å². The van der Waals surface area contributed by atoms with E-state index in [1.54, 1.807) is 0 Å². The van der Waals surface area contributed by atoms with Crippen molar-refractivity contribution in [2.75, 3.05) is 6.61 Å². The predicted molar refractivity (Wildman–Crippen MR) is 75.0 cm³/mol. The zero-order valence-corrected chi connectivity index (χ0v) is 12.9. The fourth-order valence-electron chi connectivity index (χ4n) is 1.49. The molecular weight excluding hydrogens is 226 g/mol. The van der Waals surface area contributed by atoms with E-state index in [1.165, 1.54) is 6.42 Å². The van der Waals surface area contributed by atoms with Crippen molar-refractivity contribution in [2.24, 2.45) is 11.3 Å². The molecule has 0 aromatic heterocycles. The van der Waals surface area contributed by atoms with Crippen molar-refractivity contribution in [3.05, 3.63) is 0 Å². The molecule has 0 fully saturated rings. The van der Waals surface area contributed by atoms with Gasteiger partial charge in [-0.25, -0.2) is 0 Å². The summed E-state index contributed by atoms with van der Waals surface area (Å²) >= 11 is 0. The quantitative estimate of drug-likeness (QED) is 0.543. The van der Waals surface area contributed by atoms with Crippen LogP contribution in [0.5, 0.6) is 0 Å². The van der Waals surface area contributed by atoms with Crippen LogP contribution in [0.2, 0.25) is 0 Å². The third-order valence-electron chi connectivity index (χ3n) is 2.37. The minimum atomic E-state index is -0.167. The first-order chi connectivity index (χ1) is 8.34. The Bertz CT molecular complexity index is 248. The lowest BCUT2D eigenvalue weighted by Crippen LogP contribution is -2.30. The Morgan fingerprint density at radius 1 is 1.28 bits per heavy atom. The number of rotatable bonds is 5. The number of hydrogen-bond acceptors (Lipinski definition) is 3. The van der Waals surface area contributed by atoms with Crippen molar-refractivity contribution >= 4 is 5.97 Å². The summed E-state index contributed by atoms with van der Waals surface area (Å²) in [5.74, 6) is -0.235. The highest BCUT2D eigenvalue weighted by molar-refractivity contribution is 5.73. The number of nitriles is 1. The monoisotopic (exact) mass is 255 g/mol. The Labute approximate surface area is 113 Å². The summed E-state index contributed by atoms with van der Waals surface area (Å²) < 4.78 is 5.06. The first-order valence-electron chi connectivity index (χ1n) is 6.88. The van der Waals surface area contributed by atoms with Crippen LogP contribution in [0.3, 0.4) is 0 Å². The molecule has 0 amide bonds. The van der Waals surface area contributed by atoms with E-state index in [9.17, 15) is 4.79 Å². The molecule has 106 valence electrons. The van der Waals surface area contributed by atoms with Gasteiger partial charge in [0, 0.05) is 0 Å². The van der Waals surface area contributed by atoms with E-state index in [0.717, 1.165) is 12.8 Å². The van der Waals surface area contributed by atoms with Crippen molar-refractivity contribution in [3.8, 4) is 6.07 Å². The maximum Gasteiger partial charge on any atom is 0.309 e. The lowest BCUT2D eigenvalue weighted by molar-refractivity contribution is -0.152. The molecule has 0 aliphatic heterocycles. The molecule has 3 heteroatoms. The average Bonchev–Trinajstić information content (AvgIpc) is 2.25.